The summed E-state index contributed by atoms with van der Waals surface area (Å²) in [7, 11) is 0.498. The van der Waals surface area contributed by atoms with Crippen LogP contribution in [0.5, 0.6) is 0 Å². The first-order chi connectivity index (χ1) is 19.1. The molecule has 0 saturated carbocycles. The molecule has 3 heteroatoms. The highest BCUT2D eigenvalue weighted by molar-refractivity contribution is 6.95. The highest BCUT2D eigenvalue weighted by atomic mass is 28.4. The van der Waals surface area contributed by atoms with Gasteiger partial charge < -0.3 is 8.85 Å². The highest BCUT2D eigenvalue weighted by Crippen LogP contribution is 2.39. The number of aryl methyl sites for hydroxylation is 2. The fraction of sp³-hybridized carbons (Fsp3) is 0.111. The van der Waals surface area contributed by atoms with Crippen LogP contribution >= 0.6 is 0 Å². The van der Waals surface area contributed by atoms with Crippen molar-refractivity contribution in [3.8, 4) is 44.5 Å². The van der Waals surface area contributed by atoms with Crippen molar-refractivity contribution in [3.05, 3.63) is 132 Å². The summed E-state index contributed by atoms with van der Waals surface area (Å²) in [5.74, 6) is 0. The van der Waals surface area contributed by atoms with E-state index in [1.54, 1.807) is 0 Å². The van der Waals surface area contributed by atoms with Crippen molar-refractivity contribution < 1.29 is 8.85 Å². The standard InChI is InChI=1S/C36H32O2Si/c1-25-23-33-29(27-15-7-5-8-16-27)19-11-13-21-31(33)35(25)39(37-3,38-4)36-26(2)24-34-30(20-12-14-22-32(34)36)28-17-9-6-10-18-28/h5-24H,1-4H3. The number of hydrogen-bond acceptors (Lipinski definition) is 2. The molecule has 6 rings (SSSR count). The molecule has 2 aromatic rings. The maximum Gasteiger partial charge on any atom is 0.408 e. The van der Waals surface area contributed by atoms with Crippen molar-refractivity contribution in [1.29, 1.82) is 0 Å². The fourth-order valence-electron chi connectivity index (χ4n) is 6.23. The van der Waals surface area contributed by atoms with Crippen molar-refractivity contribution >= 4 is 18.9 Å². The van der Waals surface area contributed by atoms with Gasteiger partial charge in [-0.1, -0.05) is 121 Å². The molecule has 192 valence electrons. The van der Waals surface area contributed by atoms with Crippen LogP contribution in [0, 0.1) is 13.8 Å². The Kier molecular flexibility index (Phi) is 6.65. The average Bonchev–Trinajstić information content (AvgIpc) is 3.28. The van der Waals surface area contributed by atoms with Crippen molar-refractivity contribution in [2.24, 2.45) is 0 Å². The van der Waals surface area contributed by atoms with Crippen LogP contribution in [0.2, 0.25) is 0 Å². The lowest BCUT2D eigenvalue weighted by Crippen LogP contribution is -2.63. The van der Waals surface area contributed by atoms with E-state index in [9.17, 15) is 0 Å². The third-order valence-corrected chi connectivity index (χ3v) is 11.7. The van der Waals surface area contributed by atoms with E-state index in [0.29, 0.717) is 0 Å². The van der Waals surface area contributed by atoms with Crippen molar-refractivity contribution in [2.45, 2.75) is 13.8 Å². The van der Waals surface area contributed by atoms with Crippen LogP contribution in [0.15, 0.2) is 121 Å². The van der Waals surface area contributed by atoms with Gasteiger partial charge in [0, 0.05) is 24.6 Å². The van der Waals surface area contributed by atoms with Crippen LogP contribution in [0.4, 0.5) is 0 Å². The second kappa shape index (κ2) is 10.3. The zero-order valence-corrected chi connectivity index (χ0v) is 23.9. The molecule has 0 N–H and O–H groups in total. The molecule has 0 saturated heterocycles. The lowest BCUT2D eigenvalue weighted by atomic mass is 10.0. The van der Waals surface area contributed by atoms with Crippen LogP contribution in [-0.2, 0) is 8.85 Å². The lowest BCUT2D eigenvalue weighted by Gasteiger charge is -2.30. The molecule has 0 aromatic heterocycles. The first-order valence-corrected chi connectivity index (χ1v) is 15.2. The summed E-state index contributed by atoms with van der Waals surface area (Å²) in [5, 5.41) is 2.36. The Hall–Kier alpha value is -4.02. The molecular formula is C36H32O2Si. The predicted molar refractivity (Wildman–Crippen MR) is 166 cm³/mol. The topological polar surface area (TPSA) is 18.5 Å². The van der Waals surface area contributed by atoms with Crippen molar-refractivity contribution in [2.75, 3.05) is 14.2 Å². The zero-order chi connectivity index (χ0) is 27.0. The van der Waals surface area contributed by atoms with Gasteiger partial charge in [0.15, 0.2) is 0 Å². The van der Waals surface area contributed by atoms with Gasteiger partial charge in [-0.3, -0.25) is 0 Å². The van der Waals surface area contributed by atoms with E-state index in [-0.39, 0.29) is 0 Å². The van der Waals surface area contributed by atoms with Crippen molar-refractivity contribution in [3.63, 3.8) is 0 Å². The number of hydrogen-bond donors (Lipinski definition) is 0. The largest absolute Gasteiger partial charge is 0.408 e. The Labute approximate surface area is 232 Å². The van der Waals surface area contributed by atoms with Crippen LogP contribution in [0.25, 0.3) is 44.5 Å². The molecule has 39 heavy (non-hydrogen) atoms. The minimum atomic E-state index is -3.13. The second-order valence-electron chi connectivity index (χ2n) is 10.1. The van der Waals surface area contributed by atoms with Gasteiger partial charge in [0.1, 0.15) is 0 Å². The number of rotatable bonds is 6. The average molecular weight is 525 g/mol. The first-order valence-electron chi connectivity index (χ1n) is 13.4. The van der Waals surface area contributed by atoms with Gasteiger partial charge in [-0.05, 0) is 69.5 Å². The molecule has 2 aromatic carbocycles. The summed E-state index contributed by atoms with van der Waals surface area (Å²) >= 11 is 0. The Morgan fingerprint density at radius 2 is 0.744 bits per heavy atom. The predicted octanol–water partition coefficient (Wildman–Crippen LogP) is 7.70. The molecule has 0 radical (unpaired) electrons. The van der Waals surface area contributed by atoms with Gasteiger partial charge in [0.05, 0.1) is 0 Å². The second-order valence-corrected chi connectivity index (χ2v) is 13.1. The van der Waals surface area contributed by atoms with Crippen LogP contribution in [0.1, 0.15) is 11.1 Å². The molecule has 0 spiro atoms. The first kappa shape index (κ1) is 25.3. The molecule has 4 aliphatic carbocycles. The molecule has 0 fully saturated rings. The molecule has 0 heterocycles. The third-order valence-electron chi connectivity index (χ3n) is 7.89. The molecule has 0 amide bonds. The van der Waals surface area contributed by atoms with Gasteiger partial charge in [-0.15, -0.1) is 0 Å². The fourth-order valence-corrected chi connectivity index (χ4v) is 9.80. The Bertz CT molecular complexity index is 1560. The van der Waals surface area contributed by atoms with Crippen molar-refractivity contribution in [1.82, 2.24) is 0 Å². The summed E-state index contributed by atoms with van der Waals surface area (Å²) in [4.78, 5) is 0. The van der Waals surface area contributed by atoms with Crippen LogP contribution in [0.3, 0.4) is 0 Å². The third kappa shape index (κ3) is 4.11. The maximum atomic E-state index is 6.62. The monoisotopic (exact) mass is 524 g/mol. The van der Waals surface area contributed by atoms with Gasteiger partial charge in [-0.2, -0.15) is 0 Å². The Morgan fingerprint density at radius 3 is 1.10 bits per heavy atom. The number of benzene rings is 2. The molecule has 0 atom stereocenters. The molecule has 0 aliphatic heterocycles. The molecule has 4 aliphatic rings. The van der Waals surface area contributed by atoms with E-state index < -0.39 is 8.56 Å². The molecule has 0 bridgehead atoms. The minimum absolute atomic E-state index is 1.18. The molecular weight excluding hydrogens is 492 g/mol. The van der Waals surface area contributed by atoms with Gasteiger partial charge >= 0.3 is 8.56 Å². The quantitative estimate of drug-likeness (QED) is 0.208. The van der Waals surface area contributed by atoms with E-state index in [4.69, 9.17) is 8.85 Å². The summed E-state index contributed by atoms with van der Waals surface area (Å²) in [6, 6.07) is 43.2. The minimum Gasteiger partial charge on any atom is -0.391 e. The summed E-state index contributed by atoms with van der Waals surface area (Å²) in [6.07, 6.45) is 0. The normalized spacial score (nSPS) is 11.8. The van der Waals surface area contributed by atoms with E-state index in [1.165, 1.54) is 66.0 Å². The SMILES string of the molecule is CO[Si](OC)(c1c(C)cc2c(-c3ccccc3)ccccc1-2)c1c(C)cc2c(-c3ccccc3)ccccc1-2. The number of fused-ring (bicyclic) bond motifs is 2. The van der Waals surface area contributed by atoms with E-state index in [0.717, 1.165) is 0 Å². The smallest absolute Gasteiger partial charge is 0.391 e. The van der Waals surface area contributed by atoms with E-state index >= 15 is 0 Å². The summed E-state index contributed by atoms with van der Waals surface area (Å²) in [5.41, 5.74) is 12.0. The van der Waals surface area contributed by atoms with E-state index in [2.05, 4.69) is 135 Å². The summed E-state index contributed by atoms with van der Waals surface area (Å²) < 4.78 is 13.2. The lowest BCUT2D eigenvalue weighted by molar-refractivity contribution is 0.273. The highest BCUT2D eigenvalue weighted by Gasteiger charge is 2.48. The zero-order valence-electron chi connectivity index (χ0n) is 22.9. The van der Waals surface area contributed by atoms with Crippen LogP contribution < -0.4 is 10.4 Å². The maximum absolute atomic E-state index is 6.62. The molecule has 0 unspecified atom stereocenters. The van der Waals surface area contributed by atoms with Gasteiger partial charge in [0.2, 0.25) is 0 Å². The van der Waals surface area contributed by atoms with Gasteiger partial charge in [-0.25, -0.2) is 0 Å². The Morgan fingerprint density at radius 1 is 0.410 bits per heavy atom. The van der Waals surface area contributed by atoms with Gasteiger partial charge in [0.25, 0.3) is 0 Å². The van der Waals surface area contributed by atoms with Crippen LogP contribution in [-0.4, -0.2) is 22.8 Å². The molecule has 2 nitrogen and oxygen atoms in total. The summed E-state index contributed by atoms with van der Waals surface area (Å²) in [6.45, 7) is 4.39. The Balaban J connectivity index is 1.61. The van der Waals surface area contributed by atoms with E-state index in [1.807, 2.05) is 14.2 Å².